The number of hydrogen-bond donors (Lipinski definition) is 1. The van der Waals surface area contributed by atoms with Gasteiger partial charge in [0, 0.05) is 25.0 Å². The van der Waals surface area contributed by atoms with E-state index in [1.165, 1.54) is 0 Å². The average Bonchev–Trinajstić information content (AvgIpc) is 2.82. The molecule has 0 unspecified atom stereocenters. The van der Waals surface area contributed by atoms with E-state index in [0.29, 0.717) is 6.54 Å². The first kappa shape index (κ1) is 11.7. The van der Waals surface area contributed by atoms with Crippen molar-refractivity contribution in [3.8, 4) is 0 Å². The molecular formula is C14H18N2O2. The Hall–Kier alpha value is -1.36. The number of morpholine rings is 1. The molecule has 1 aromatic heterocycles. The van der Waals surface area contributed by atoms with Crippen molar-refractivity contribution in [2.45, 2.75) is 13.1 Å². The normalized spacial score (nSPS) is 17.4. The number of nitrogens with zero attached hydrogens (tertiary/aromatic N) is 1. The summed E-state index contributed by atoms with van der Waals surface area (Å²) in [5, 5.41) is 1.14. The maximum absolute atomic E-state index is 5.88. The van der Waals surface area contributed by atoms with Gasteiger partial charge < -0.3 is 14.9 Å². The topological polar surface area (TPSA) is 51.6 Å². The number of rotatable bonds is 3. The van der Waals surface area contributed by atoms with Crippen molar-refractivity contribution in [2.24, 2.45) is 5.73 Å². The van der Waals surface area contributed by atoms with Crippen LogP contribution in [0.25, 0.3) is 11.0 Å². The third-order valence-corrected chi connectivity index (χ3v) is 3.41. The molecule has 0 spiro atoms. The Morgan fingerprint density at radius 2 is 2.06 bits per heavy atom. The third-order valence-electron chi connectivity index (χ3n) is 3.41. The summed E-state index contributed by atoms with van der Waals surface area (Å²) in [6, 6.07) is 8.16. The van der Waals surface area contributed by atoms with E-state index in [1.54, 1.807) is 0 Å². The summed E-state index contributed by atoms with van der Waals surface area (Å²) in [5.41, 5.74) is 7.82. The summed E-state index contributed by atoms with van der Waals surface area (Å²) >= 11 is 0. The van der Waals surface area contributed by atoms with Crippen molar-refractivity contribution >= 4 is 11.0 Å². The Balaban J connectivity index is 1.84. The molecule has 4 nitrogen and oxygen atoms in total. The van der Waals surface area contributed by atoms with Crippen LogP contribution in [0.5, 0.6) is 0 Å². The Morgan fingerprint density at radius 1 is 1.22 bits per heavy atom. The minimum Gasteiger partial charge on any atom is -0.460 e. The molecule has 1 aliphatic rings. The zero-order valence-electron chi connectivity index (χ0n) is 10.4. The van der Waals surface area contributed by atoms with Crippen molar-refractivity contribution in [3.05, 3.63) is 35.6 Å². The lowest BCUT2D eigenvalue weighted by Crippen LogP contribution is -2.35. The van der Waals surface area contributed by atoms with Gasteiger partial charge in [0.05, 0.1) is 19.8 Å². The summed E-state index contributed by atoms with van der Waals surface area (Å²) in [6.45, 7) is 4.97. The number of hydrogen-bond acceptors (Lipinski definition) is 4. The van der Waals surface area contributed by atoms with E-state index in [2.05, 4.69) is 17.0 Å². The molecule has 2 aromatic rings. The van der Waals surface area contributed by atoms with Crippen LogP contribution in [0.1, 0.15) is 11.3 Å². The zero-order chi connectivity index (χ0) is 12.4. The van der Waals surface area contributed by atoms with Crippen molar-refractivity contribution in [3.63, 3.8) is 0 Å². The minimum absolute atomic E-state index is 0.549. The van der Waals surface area contributed by atoms with Crippen molar-refractivity contribution in [1.82, 2.24) is 4.90 Å². The molecule has 1 aliphatic heterocycles. The smallest absolute Gasteiger partial charge is 0.134 e. The van der Waals surface area contributed by atoms with E-state index in [9.17, 15) is 0 Å². The van der Waals surface area contributed by atoms with Crippen LogP contribution in [0, 0.1) is 0 Å². The summed E-state index contributed by atoms with van der Waals surface area (Å²) in [4.78, 5) is 2.35. The number of fused-ring (bicyclic) bond motifs is 1. The number of benzene rings is 1. The van der Waals surface area contributed by atoms with Gasteiger partial charge in [-0.1, -0.05) is 12.1 Å². The Labute approximate surface area is 106 Å². The van der Waals surface area contributed by atoms with E-state index >= 15 is 0 Å². The molecule has 0 bridgehead atoms. The molecule has 3 rings (SSSR count). The molecule has 18 heavy (non-hydrogen) atoms. The van der Waals surface area contributed by atoms with Gasteiger partial charge in [-0.2, -0.15) is 0 Å². The molecule has 2 heterocycles. The maximum Gasteiger partial charge on any atom is 0.134 e. The van der Waals surface area contributed by atoms with Crippen LogP contribution in [0.3, 0.4) is 0 Å². The largest absolute Gasteiger partial charge is 0.460 e. The molecule has 1 fully saturated rings. The molecule has 2 N–H and O–H groups in total. The highest BCUT2D eigenvalue weighted by atomic mass is 16.5. The highest BCUT2D eigenvalue weighted by Gasteiger charge is 2.14. The third kappa shape index (κ3) is 2.27. The molecule has 0 aliphatic carbocycles. The molecule has 0 saturated carbocycles. The van der Waals surface area contributed by atoms with Crippen molar-refractivity contribution in [2.75, 3.05) is 26.3 Å². The van der Waals surface area contributed by atoms with E-state index in [1.807, 2.05) is 12.1 Å². The number of furan rings is 1. The fourth-order valence-electron chi connectivity index (χ4n) is 2.41. The van der Waals surface area contributed by atoms with E-state index in [-0.39, 0.29) is 0 Å². The summed E-state index contributed by atoms with van der Waals surface area (Å²) < 4.78 is 11.2. The lowest BCUT2D eigenvalue weighted by atomic mass is 10.1. The van der Waals surface area contributed by atoms with Gasteiger partial charge in [-0.3, -0.25) is 4.90 Å². The van der Waals surface area contributed by atoms with Crippen LogP contribution < -0.4 is 5.73 Å². The van der Waals surface area contributed by atoms with Gasteiger partial charge in [0.1, 0.15) is 11.3 Å². The second-order valence-electron chi connectivity index (χ2n) is 4.63. The highest BCUT2D eigenvalue weighted by molar-refractivity contribution is 5.81. The highest BCUT2D eigenvalue weighted by Crippen LogP contribution is 2.24. The Kier molecular flexibility index (Phi) is 3.32. The first-order valence-electron chi connectivity index (χ1n) is 6.37. The molecule has 0 atom stereocenters. The first-order chi connectivity index (χ1) is 8.86. The number of ether oxygens (including phenoxy) is 1. The van der Waals surface area contributed by atoms with Gasteiger partial charge >= 0.3 is 0 Å². The summed E-state index contributed by atoms with van der Waals surface area (Å²) in [5.74, 6) is 1.01. The molecule has 1 aromatic carbocycles. The van der Waals surface area contributed by atoms with Gasteiger partial charge in [0.25, 0.3) is 0 Å². The Bertz CT molecular complexity index is 530. The van der Waals surface area contributed by atoms with Gasteiger partial charge in [-0.25, -0.2) is 0 Å². The first-order valence-corrected chi connectivity index (χ1v) is 6.37. The minimum atomic E-state index is 0.549. The van der Waals surface area contributed by atoms with E-state index in [4.69, 9.17) is 14.9 Å². The maximum atomic E-state index is 5.88. The Morgan fingerprint density at radius 3 is 2.83 bits per heavy atom. The quantitative estimate of drug-likeness (QED) is 0.896. The van der Waals surface area contributed by atoms with Crippen LogP contribution in [0.4, 0.5) is 0 Å². The van der Waals surface area contributed by atoms with Crippen LogP contribution in [0.2, 0.25) is 0 Å². The predicted octanol–water partition coefficient (Wildman–Crippen LogP) is 1.72. The molecule has 0 radical (unpaired) electrons. The van der Waals surface area contributed by atoms with Crippen LogP contribution in [0.15, 0.2) is 28.7 Å². The fourth-order valence-corrected chi connectivity index (χ4v) is 2.41. The van der Waals surface area contributed by atoms with Crippen molar-refractivity contribution in [1.29, 1.82) is 0 Å². The van der Waals surface area contributed by atoms with Gasteiger partial charge in [-0.05, 0) is 17.7 Å². The molecular weight excluding hydrogens is 228 g/mol. The summed E-state index contributed by atoms with van der Waals surface area (Å²) in [6.07, 6.45) is 0. The lowest BCUT2D eigenvalue weighted by Gasteiger charge is -2.25. The molecule has 0 amide bonds. The second-order valence-corrected chi connectivity index (χ2v) is 4.63. The number of nitrogens with two attached hydrogens (primary N) is 1. The van der Waals surface area contributed by atoms with Gasteiger partial charge in [0.2, 0.25) is 0 Å². The molecule has 1 saturated heterocycles. The van der Waals surface area contributed by atoms with Crippen LogP contribution >= 0.6 is 0 Å². The van der Waals surface area contributed by atoms with Crippen molar-refractivity contribution < 1.29 is 9.15 Å². The lowest BCUT2D eigenvalue weighted by molar-refractivity contribution is 0.0315. The van der Waals surface area contributed by atoms with Crippen LogP contribution in [-0.2, 0) is 17.8 Å². The molecule has 96 valence electrons. The van der Waals surface area contributed by atoms with Gasteiger partial charge in [-0.15, -0.1) is 0 Å². The fraction of sp³-hybridized carbons (Fsp3) is 0.429. The standard InChI is InChI=1S/C14H18N2O2/c15-9-11-2-1-3-14-13(11)8-12(18-14)10-16-4-6-17-7-5-16/h1-3,8H,4-7,9-10,15H2. The van der Waals surface area contributed by atoms with E-state index in [0.717, 1.165) is 55.1 Å². The van der Waals surface area contributed by atoms with E-state index < -0.39 is 0 Å². The predicted molar refractivity (Wildman–Crippen MR) is 70.2 cm³/mol. The molecule has 4 heteroatoms. The SMILES string of the molecule is NCc1cccc2oc(CN3CCOCC3)cc12. The zero-order valence-corrected chi connectivity index (χ0v) is 10.4. The second kappa shape index (κ2) is 5.10. The van der Waals surface area contributed by atoms with Gasteiger partial charge in [0.15, 0.2) is 0 Å². The average molecular weight is 246 g/mol. The van der Waals surface area contributed by atoms with Crippen LogP contribution in [-0.4, -0.2) is 31.2 Å². The monoisotopic (exact) mass is 246 g/mol. The summed E-state index contributed by atoms with van der Waals surface area (Å²) in [7, 11) is 0.